The summed E-state index contributed by atoms with van der Waals surface area (Å²) in [5.74, 6) is 0. The van der Waals surface area contributed by atoms with Crippen molar-refractivity contribution < 1.29 is 0 Å². The van der Waals surface area contributed by atoms with E-state index in [2.05, 4.69) is 380 Å². The number of benzene rings is 18. The van der Waals surface area contributed by atoms with Crippen LogP contribution in [0.2, 0.25) is 0 Å². The average molecular weight is 1590 g/mol. The van der Waals surface area contributed by atoms with Crippen LogP contribution in [0.3, 0.4) is 0 Å². The number of fused-ring (bicyclic) bond motifs is 7. The van der Waals surface area contributed by atoms with Crippen LogP contribution in [0, 0.1) is 0 Å². The Balaban J connectivity index is 0.000000118. The van der Waals surface area contributed by atoms with E-state index in [1.165, 1.54) is 22.3 Å². The number of para-hydroxylation sites is 12. The van der Waals surface area contributed by atoms with Crippen LogP contribution in [-0.4, -0.2) is 29.9 Å². The van der Waals surface area contributed by atoms with Gasteiger partial charge in [0.05, 0.1) is 73.0 Å². The molecule has 9 nitrogen and oxygen atoms in total. The number of hydrogen-bond acceptors (Lipinski definition) is 9. The van der Waals surface area contributed by atoms with E-state index in [0.29, 0.717) is 0 Å². The van der Waals surface area contributed by atoms with E-state index in [-0.39, 0.29) is 5.41 Å². The van der Waals surface area contributed by atoms with Crippen molar-refractivity contribution in [3.63, 3.8) is 0 Å². The fraction of sp³-hybridized carbons (Fsp3) is 0.0261. The van der Waals surface area contributed by atoms with Crippen LogP contribution >= 0.6 is 0 Å². The third-order valence-corrected chi connectivity index (χ3v) is 23.1. The van der Waals surface area contributed by atoms with Gasteiger partial charge in [-0.15, -0.1) is 0 Å². The van der Waals surface area contributed by atoms with Crippen LogP contribution in [-0.2, 0) is 5.41 Å². The molecule has 9 heteroatoms. The molecule has 124 heavy (non-hydrogen) atoms. The lowest BCUT2D eigenvalue weighted by Crippen LogP contribution is -2.16. The number of hydrogen-bond donors (Lipinski definition) is 0. The normalized spacial score (nSPS) is 11.7. The van der Waals surface area contributed by atoms with Gasteiger partial charge in [0.15, 0.2) is 0 Å². The molecule has 0 saturated carbocycles. The molecule has 0 spiro atoms. The third-order valence-electron chi connectivity index (χ3n) is 23.1. The van der Waals surface area contributed by atoms with E-state index in [1.807, 2.05) is 115 Å². The molecule has 0 fully saturated rings. The molecular weight excluding hydrogens is 1510 g/mol. The molecule has 18 aromatic carbocycles. The van der Waals surface area contributed by atoms with Gasteiger partial charge < -0.3 is 14.7 Å². The molecule has 21 aromatic rings. The van der Waals surface area contributed by atoms with Crippen molar-refractivity contribution in [2.75, 3.05) is 14.7 Å². The Bertz CT molecular complexity index is 7220. The number of anilines is 9. The lowest BCUT2D eigenvalue weighted by molar-refractivity contribution is 0.660. The molecule has 1 aliphatic carbocycles. The smallest absolute Gasteiger partial charge is 0.0979 e. The first-order valence-corrected chi connectivity index (χ1v) is 42.0. The fourth-order valence-corrected chi connectivity index (χ4v) is 17.1. The van der Waals surface area contributed by atoms with Crippen LogP contribution in [0.5, 0.6) is 0 Å². The summed E-state index contributed by atoms with van der Waals surface area (Å²) >= 11 is 0. The molecule has 3 aromatic heterocycles. The van der Waals surface area contributed by atoms with Gasteiger partial charge in [-0.1, -0.05) is 335 Å². The van der Waals surface area contributed by atoms with Crippen molar-refractivity contribution in [2.24, 2.45) is 0 Å². The van der Waals surface area contributed by atoms with Gasteiger partial charge in [-0.25, -0.2) is 29.9 Å². The Kier molecular flexibility index (Phi) is 21.0. The monoisotopic (exact) mass is 1590 g/mol. The third kappa shape index (κ3) is 15.3. The van der Waals surface area contributed by atoms with Gasteiger partial charge in [0.1, 0.15) is 0 Å². The maximum atomic E-state index is 5.19. The van der Waals surface area contributed by atoms with Crippen molar-refractivity contribution in [2.45, 2.75) is 19.3 Å². The predicted molar refractivity (Wildman–Crippen MR) is 516 cm³/mol. The Hall–Kier alpha value is -16.4. The predicted octanol–water partition coefficient (Wildman–Crippen LogP) is 30.4. The summed E-state index contributed by atoms with van der Waals surface area (Å²) in [6.45, 7) is 4.68. The minimum absolute atomic E-state index is 0.201. The van der Waals surface area contributed by atoms with E-state index in [9.17, 15) is 0 Å². The van der Waals surface area contributed by atoms with E-state index >= 15 is 0 Å². The minimum atomic E-state index is -0.201. The summed E-state index contributed by atoms with van der Waals surface area (Å²) in [6.07, 6.45) is 0. The highest BCUT2D eigenvalue weighted by Crippen LogP contribution is 2.53. The zero-order valence-electron chi connectivity index (χ0n) is 68.5. The molecule has 22 rings (SSSR count). The van der Waals surface area contributed by atoms with E-state index in [0.717, 1.165) is 174 Å². The molecule has 0 bridgehead atoms. The van der Waals surface area contributed by atoms with Crippen molar-refractivity contribution in [1.82, 2.24) is 29.9 Å². The van der Waals surface area contributed by atoms with E-state index in [1.54, 1.807) is 0 Å². The molecular formula is C115H83N9. The molecule has 1 aliphatic rings. The van der Waals surface area contributed by atoms with E-state index in [4.69, 9.17) is 29.9 Å². The van der Waals surface area contributed by atoms with Crippen LogP contribution in [0.25, 0.3) is 134 Å². The highest BCUT2D eigenvalue weighted by atomic mass is 15.2. The summed E-state index contributed by atoms with van der Waals surface area (Å²) in [5, 5.41) is 2.28. The van der Waals surface area contributed by atoms with Crippen molar-refractivity contribution in [3.8, 4) is 89.8 Å². The summed E-state index contributed by atoms with van der Waals surface area (Å²) in [6, 6.07) is 163. The average Bonchev–Trinajstić information content (AvgIpc) is 1.54. The summed E-state index contributed by atoms with van der Waals surface area (Å²) < 4.78 is 0. The lowest BCUT2D eigenvalue weighted by Gasteiger charge is -2.28. The van der Waals surface area contributed by atoms with Gasteiger partial charge >= 0.3 is 0 Å². The first-order chi connectivity index (χ1) is 61.3. The number of nitrogens with zero attached hydrogens (tertiary/aromatic N) is 9. The molecule has 0 amide bonds. The second kappa shape index (κ2) is 34.2. The molecule has 0 atom stereocenters. The molecule has 0 radical (unpaired) electrons. The van der Waals surface area contributed by atoms with Crippen LogP contribution in [0.15, 0.2) is 467 Å². The van der Waals surface area contributed by atoms with Gasteiger partial charge in [0.25, 0.3) is 0 Å². The molecule has 0 N–H and O–H groups in total. The lowest BCUT2D eigenvalue weighted by atomic mass is 9.81. The molecule has 0 aliphatic heterocycles. The minimum Gasteiger partial charge on any atom is -0.311 e. The highest BCUT2D eigenvalue weighted by Gasteiger charge is 2.37. The Labute approximate surface area is 722 Å². The quantitative estimate of drug-likeness (QED) is 0.0939. The molecule has 0 unspecified atom stereocenters. The Morgan fingerprint density at radius 3 is 0.823 bits per heavy atom. The second-order valence-corrected chi connectivity index (χ2v) is 31.3. The standard InChI is InChI=1S/C41H31N3.C38H27N3.C36H25N3/c1-41(2)35-26-29(40-39(28-14-6-3-7-15-28)42-37-20-12-13-21-38(37)43-40)22-24-33(35)34-25-23-32(27-36(34)41)44(30-16-8-4-9-17-30)31-18-10-5-11-19-31;1-4-12-30(13-5-1)37-38(40-36-19-11-10-18-35(36)39-37)31-22-20-28(21-23-31)29-24-26-34(27-25-29)41(32-14-6-2-7-15-32)33-16-8-3-9-17-33;1-4-14-26(15-5-1)35-36(38-33-24-11-10-23-32(33)37-35)31-22-12-21-30-29(31)20-13-25-34(30)39(27-16-6-2-7-17-27)28-18-8-3-9-19-28/h3-27H,1-2H3;1-27H;1-25H. The largest absolute Gasteiger partial charge is 0.311 e. The van der Waals surface area contributed by atoms with Gasteiger partial charge in [0, 0.05) is 89.7 Å². The first kappa shape index (κ1) is 76.3. The van der Waals surface area contributed by atoms with Crippen LogP contribution in [0.4, 0.5) is 51.2 Å². The highest BCUT2D eigenvalue weighted by molar-refractivity contribution is 6.07. The summed E-state index contributed by atoms with van der Waals surface area (Å²) in [5.41, 5.74) is 34.5. The maximum absolute atomic E-state index is 5.19. The Morgan fingerprint density at radius 2 is 0.427 bits per heavy atom. The van der Waals surface area contributed by atoms with Crippen molar-refractivity contribution in [3.05, 3.63) is 478 Å². The fourth-order valence-electron chi connectivity index (χ4n) is 17.1. The maximum Gasteiger partial charge on any atom is 0.0979 e. The van der Waals surface area contributed by atoms with Gasteiger partial charge in [-0.3, -0.25) is 0 Å². The molecule has 0 saturated heterocycles. The topological polar surface area (TPSA) is 87.1 Å². The summed E-state index contributed by atoms with van der Waals surface area (Å²) in [4.78, 5) is 37.6. The summed E-state index contributed by atoms with van der Waals surface area (Å²) in [7, 11) is 0. The number of rotatable bonds is 16. The van der Waals surface area contributed by atoms with E-state index < -0.39 is 0 Å². The Morgan fingerprint density at radius 1 is 0.169 bits per heavy atom. The van der Waals surface area contributed by atoms with Gasteiger partial charge in [-0.05, 0) is 184 Å². The van der Waals surface area contributed by atoms with Gasteiger partial charge in [-0.2, -0.15) is 0 Å². The molecule has 3 heterocycles. The zero-order valence-corrected chi connectivity index (χ0v) is 68.5. The van der Waals surface area contributed by atoms with Gasteiger partial charge in [0.2, 0.25) is 0 Å². The van der Waals surface area contributed by atoms with Crippen molar-refractivity contribution >= 4 is 95.1 Å². The van der Waals surface area contributed by atoms with Crippen LogP contribution < -0.4 is 14.7 Å². The SMILES string of the molecule is CC1(C)c2cc(-c3nc4ccccc4nc3-c3ccccc3)ccc2-c2ccc(N(c3ccccc3)c3ccccc3)cc21.c1ccc(-c2nc3ccccc3nc2-c2ccc(-c3ccc(N(c4ccccc4)c4ccccc4)cc3)cc2)cc1.c1ccc(-c2nc3ccccc3nc2-c2cccc3c(N(c4ccccc4)c4ccccc4)cccc23)cc1. The second-order valence-electron chi connectivity index (χ2n) is 31.3. The molecule has 588 valence electrons. The zero-order chi connectivity index (χ0) is 83.1. The van der Waals surface area contributed by atoms with Crippen LogP contribution in [0.1, 0.15) is 25.0 Å². The van der Waals surface area contributed by atoms with Crippen molar-refractivity contribution in [1.29, 1.82) is 0 Å². The number of aromatic nitrogens is 6. The first-order valence-electron chi connectivity index (χ1n) is 42.0.